The highest BCUT2D eigenvalue weighted by Gasteiger charge is 2.19. The maximum absolute atomic E-state index is 3.72. The highest BCUT2D eigenvalue weighted by atomic mass is 14.7. The van der Waals surface area contributed by atoms with Crippen LogP contribution in [-0.2, 0) is 0 Å². The van der Waals surface area contributed by atoms with E-state index < -0.39 is 0 Å². The second kappa shape index (κ2) is 7.34. The molecule has 0 fully saturated rings. The Labute approximate surface area is 207 Å². The van der Waals surface area contributed by atoms with E-state index in [1.807, 2.05) is 0 Å². The first-order valence-electron chi connectivity index (χ1n) is 12.4. The lowest BCUT2D eigenvalue weighted by atomic mass is 9.87. The van der Waals surface area contributed by atoms with Crippen molar-refractivity contribution in [2.45, 2.75) is 0 Å². The summed E-state index contributed by atoms with van der Waals surface area (Å²) in [6.07, 6.45) is 0. The van der Waals surface area contributed by atoms with Gasteiger partial charge in [0, 0.05) is 44.3 Å². The Morgan fingerprint density at radius 1 is 0.333 bits per heavy atom. The number of aromatic amines is 2. The smallest absolute Gasteiger partial charge is 0.0477 e. The Kier molecular flexibility index (Phi) is 3.97. The van der Waals surface area contributed by atoms with Crippen LogP contribution < -0.4 is 0 Å². The third kappa shape index (κ3) is 2.79. The summed E-state index contributed by atoms with van der Waals surface area (Å²) in [7, 11) is 0. The van der Waals surface area contributed by atoms with Gasteiger partial charge in [-0.2, -0.15) is 0 Å². The molecule has 0 amide bonds. The van der Waals surface area contributed by atoms with Crippen molar-refractivity contribution >= 4 is 54.1 Å². The summed E-state index contributed by atoms with van der Waals surface area (Å²) in [5, 5.41) is 9.97. The fourth-order valence-electron chi connectivity index (χ4n) is 5.86. The zero-order chi connectivity index (χ0) is 23.6. The van der Waals surface area contributed by atoms with Gasteiger partial charge in [0.1, 0.15) is 0 Å². The number of nitrogens with one attached hydrogen (secondary N) is 2. The molecule has 2 heteroatoms. The van der Waals surface area contributed by atoms with Crippen LogP contribution in [0.1, 0.15) is 0 Å². The maximum atomic E-state index is 3.72. The molecule has 8 rings (SSSR count). The molecule has 0 aliphatic heterocycles. The van der Waals surface area contributed by atoms with Gasteiger partial charge in [0.05, 0.1) is 0 Å². The van der Waals surface area contributed by atoms with E-state index in [-0.39, 0.29) is 0 Å². The van der Waals surface area contributed by atoms with Gasteiger partial charge in [-0.1, -0.05) is 84.9 Å². The van der Waals surface area contributed by atoms with Crippen molar-refractivity contribution in [1.29, 1.82) is 0 Å². The van der Waals surface area contributed by atoms with Crippen molar-refractivity contribution < 1.29 is 0 Å². The zero-order valence-electron chi connectivity index (χ0n) is 19.5. The van der Waals surface area contributed by atoms with E-state index in [9.17, 15) is 0 Å². The number of hydrogen-bond donors (Lipinski definition) is 2. The average molecular weight is 459 g/mol. The molecule has 0 radical (unpaired) electrons. The second-order valence-corrected chi connectivity index (χ2v) is 9.58. The van der Waals surface area contributed by atoms with E-state index in [1.165, 1.54) is 54.2 Å². The van der Waals surface area contributed by atoms with E-state index in [1.54, 1.807) is 0 Å². The van der Waals surface area contributed by atoms with Crippen LogP contribution in [0.2, 0.25) is 0 Å². The molecule has 2 nitrogen and oxygen atoms in total. The monoisotopic (exact) mass is 458 g/mol. The highest BCUT2D eigenvalue weighted by Crippen LogP contribution is 2.45. The molecule has 168 valence electrons. The molecular formula is C34H22N2. The van der Waals surface area contributed by atoms with Gasteiger partial charge < -0.3 is 9.97 Å². The normalized spacial score (nSPS) is 11.9. The summed E-state index contributed by atoms with van der Waals surface area (Å²) in [6.45, 7) is 0. The number of fused-ring (bicyclic) bond motifs is 5. The molecule has 36 heavy (non-hydrogen) atoms. The Morgan fingerprint density at radius 3 is 1.17 bits per heavy atom. The third-order valence-corrected chi connectivity index (χ3v) is 7.49. The lowest BCUT2D eigenvalue weighted by molar-refractivity contribution is 1.46. The number of para-hydroxylation sites is 2. The lowest BCUT2D eigenvalue weighted by Crippen LogP contribution is -1.91. The summed E-state index contributed by atoms with van der Waals surface area (Å²) in [5.74, 6) is 0. The Bertz CT molecular complexity index is 1890. The third-order valence-electron chi connectivity index (χ3n) is 7.49. The van der Waals surface area contributed by atoms with Gasteiger partial charge in [-0.05, 0) is 68.7 Å². The SMILES string of the molecule is c1ccc2cc3c(-c4cc5ccccc5[nH]4)c4ccccc4c(-c4cc5ccccc5[nH]4)c3cc2c1. The van der Waals surface area contributed by atoms with E-state index in [2.05, 4.69) is 131 Å². The topological polar surface area (TPSA) is 31.6 Å². The molecule has 0 unspecified atom stereocenters. The number of rotatable bonds is 2. The molecule has 2 aromatic heterocycles. The first kappa shape index (κ1) is 19.5. The molecule has 0 atom stereocenters. The first-order chi connectivity index (χ1) is 17.8. The Morgan fingerprint density at radius 2 is 0.722 bits per heavy atom. The van der Waals surface area contributed by atoms with Crippen molar-refractivity contribution in [3.63, 3.8) is 0 Å². The molecule has 8 aromatic rings. The highest BCUT2D eigenvalue weighted by molar-refractivity contribution is 6.23. The average Bonchev–Trinajstić information content (AvgIpc) is 3.54. The molecule has 2 N–H and O–H groups in total. The summed E-state index contributed by atoms with van der Waals surface area (Å²) >= 11 is 0. The number of aromatic nitrogens is 2. The van der Waals surface area contributed by atoms with Gasteiger partial charge in [-0.15, -0.1) is 0 Å². The molecule has 6 aromatic carbocycles. The largest absolute Gasteiger partial charge is 0.354 e. The van der Waals surface area contributed by atoms with Crippen LogP contribution >= 0.6 is 0 Å². The molecule has 0 saturated heterocycles. The van der Waals surface area contributed by atoms with Crippen LogP contribution in [0.3, 0.4) is 0 Å². The quantitative estimate of drug-likeness (QED) is 0.242. The van der Waals surface area contributed by atoms with Crippen LogP contribution in [0.25, 0.3) is 76.6 Å². The zero-order valence-corrected chi connectivity index (χ0v) is 19.5. The van der Waals surface area contributed by atoms with Gasteiger partial charge in [0.15, 0.2) is 0 Å². The second-order valence-electron chi connectivity index (χ2n) is 9.58. The number of benzene rings is 6. The summed E-state index contributed by atoms with van der Waals surface area (Å²) in [4.78, 5) is 7.43. The van der Waals surface area contributed by atoms with E-state index in [0.29, 0.717) is 0 Å². The summed E-state index contributed by atoms with van der Waals surface area (Å²) in [5.41, 5.74) is 7.12. The fraction of sp³-hybridized carbons (Fsp3) is 0. The first-order valence-corrected chi connectivity index (χ1v) is 12.4. The van der Waals surface area contributed by atoms with Gasteiger partial charge in [0.2, 0.25) is 0 Å². The van der Waals surface area contributed by atoms with Crippen LogP contribution in [0, 0.1) is 0 Å². The molecule has 0 aliphatic carbocycles. The number of hydrogen-bond acceptors (Lipinski definition) is 0. The van der Waals surface area contributed by atoms with Gasteiger partial charge >= 0.3 is 0 Å². The van der Waals surface area contributed by atoms with Gasteiger partial charge in [0.25, 0.3) is 0 Å². The number of H-pyrrole nitrogens is 2. The van der Waals surface area contributed by atoms with Crippen molar-refractivity contribution in [2.75, 3.05) is 0 Å². The van der Waals surface area contributed by atoms with E-state index in [0.717, 1.165) is 22.4 Å². The minimum atomic E-state index is 1.15. The van der Waals surface area contributed by atoms with Gasteiger partial charge in [-0.3, -0.25) is 0 Å². The standard InChI is InChI=1S/C34H22N2/c1-2-10-22-18-28-27(17-21(22)9-1)33(31-19-23-11-3-7-15-29(23)35-31)25-13-5-6-14-26(25)34(28)32-20-24-12-4-8-16-30(24)36-32/h1-20,35-36H. The molecule has 0 bridgehead atoms. The Hall–Kier alpha value is -4.82. The van der Waals surface area contributed by atoms with Crippen LogP contribution in [0.4, 0.5) is 0 Å². The predicted molar refractivity (Wildman–Crippen MR) is 154 cm³/mol. The van der Waals surface area contributed by atoms with E-state index >= 15 is 0 Å². The summed E-state index contributed by atoms with van der Waals surface area (Å²) < 4.78 is 0. The van der Waals surface area contributed by atoms with Crippen molar-refractivity contribution in [3.05, 3.63) is 121 Å². The minimum absolute atomic E-state index is 1.15. The molecule has 0 spiro atoms. The molecule has 0 saturated carbocycles. The molecule has 2 heterocycles. The summed E-state index contributed by atoms with van der Waals surface area (Å²) in [6, 6.07) is 43.8. The minimum Gasteiger partial charge on any atom is -0.354 e. The maximum Gasteiger partial charge on any atom is 0.0477 e. The van der Waals surface area contributed by atoms with Crippen LogP contribution in [-0.4, -0.2) is 9.97 Å². The fourth-order valence-corrected chi connectivity index (χ4v) is 5.86. The van der Waals surface area contributed by atoms with Crippen molar-refractivity contribution in [3.8, 4) is 22.5 Å². The Balaban J connectivity index is 1.59. The van der Waals surface area contributed by atoms with Crippen LogP contribution in [0.15, 0.2) is 121 Å². The molecule has 0 aliphatic rings. The van der Waals surface area contributed by atoms with Crippen molar-refractivity contribution in [1.82, 2.24) is 9.97 Å². The van der Waals surface area contributed by atoms with Crippen LogP contribution in [0.5, 0.6) is 0 Å². The lowest BCUT2D eigenvalue weighted by Gasteiger charge is -2.17. The predicted octanol–water partition coefficient (Wildman–Crippen LogP) is 9.44. The van der Waals surface area contributed by atoms with Gasteiger partial charge in [-0.25, -0.2) is 0 Å². The van der Waals surface area contributed by atoms with Crippen molar-refractivity contribution in [2.24, 2.45) is 0 Å². The molecular weight excluding hydrogens is 436 g/mol. The van der Waals surface area contributed by atoms with E-state index in [4.69, 9.17) is 0 Å².